The molecule has 11 heteroatoms. The van der Waals surface area contributed by atoms with Gasteiger partial charge in [-0.15, -0.1) is 11.3 Å². The SMILES string of the molecule is CS(=O)NCC(=O)N1CCCC1C(=O)NCC(=O)C(=O)NCc1cc2ccccc2s1. The van der Waals surface area contributed by atoms with Gasteiger partial charge >= 0.3 is 0 Å². The zero-order chi connectivity index (χ0) is 22.4. The van der Waals surface area contributed by atoms with Crippen molar-refractivity contribution in [1.82, 2.24) is 20.3 Å². The van der Waals surface area contributed by atoms with Crippen molar-refractivity contribution in [2.24, 2.45) is 0 Å². The summed E-state index contributed by atoms with van der Waals surface area (Å²) in [5.41, 5.74) is 0. The number of carbonyl (C=O) groups excluding carboxylic acids is 4. The van der Waals surface area contributed by atoms with E-state index >= 15 is 0 Å². The van der Waals surface area contributed by atoms with Gasteiger partial charge in [0.2, 0.25) is 17.6 Å². The van der Waals surface area contributed by atoms with Crippen LogP contribution in [0.2, 0.25) is 0 Å². The van der Waals surface area contributed by atoms with Crippen molar-refractivity contribution >= 4 is 55.9 Å². The molecule has 2 atom stereocenters. The minimum atomic E-state index is -1.33. The van der Waals surface area contributed by atoms with Crippen LogP contribution < -0.4 is 15.4 Å². The molecule has 31 heavy (non-hydrogen) atoms. The van der Waals surface area contributed by atoms with Gasteiger partial charge in [0.1, 0.15) is 6.04 Å². The molecule has 1 aromatic carbocycles. The molecule has 2 unspecified atom stereocenters. The fourth-order valence-corrected chi connectivity index (χ4v) is 4.69. The minimum Gasteiger partial charge on any atom is -0.347 e. The molecule has 1 aromatic heterocycles. The number of likely N-dealkylation sites (tertiary alicyclic amines) is 1. The zero-order valence-electron chi connectivity index (χ0n) is 17.0. The summed E-state index contributed by atoms with van der Waals surface area (Å²) >= 11 is 1.54. The first-order chi connectivity index (χ1) is 14.8. The van der Waals surface area contributed by atoms with Crippen LogP contribution in [0.4, 0.5) is 0 Å². The van der Waals surface area contributed by atoms with Crippen LogP contribution in [0.1, 0.15) is 17.7 Å². The van der Waals surface area contributed by atoms with E-state index in [2.05, 4.69) is 15.4 Å². The second-order valence-corrected chi connectivity index (χ2v) is 9.46. The van der Waals surface area contributed by atoms with Gasteiger partial charge in [0, 0.05) is 22.4 Å². The summed E-state index contributed by atoms with van der Waals surface area (Å²) in [7, 11) is -1.33. The largest absolute Gasteiger partial charge is 0.347 e. The highest BCUT2D eigenvalue weighted by Gasteiger charge is 2.34. The first kappa shape index (κ1) is 23.0. The molecule has 2 aromatic rings. The number of hydrogen-bond donors (Lipinski definition) is 3. The first-order valence-corrected chi connectivity index (χ1v) is 12.1. The lowest BCUT2D eigenvalue weighted by Crippen LogP contribution is -2.50. The Bertz CT molecular complexity index is 989. The fourth-order valence-electron chi connectivity index (χ4n) is 3.36. The highest BCUT2D eigenvalue weighted by molar-refractivity contribution is 7.82. The summed E-state index contributed by atoms with van der Waals surface area (Å²) in [6.45, 7) is 0.0753. The molecular weight excluding hydrogens is 440 g/mol. The van der Waals surface area contributed by atoms with E-state index in [0.29, 0.717) is 19.4 Å². The van der Waals surface area contributed by atoms with Crippen LogP contribution in [0, 0.1) is 0 Å². The molecule has 1 saturated heterocycles. The summed E-state index contributed by atoms with van der Waals surface area (Å²) in [6.07, 6.45) is 2.54. The van der Waals surface area contributed by atoms with Crippen molar-refractivity contribution < 1.29 is 23.4 Å². The quantitative estimate of drug-likeness (QED) is 0.453. The number of benzene rings is 1. The number of carbonyl (C=O) groups is 4. The Balaban J connectivity index is 1.45. The maximum absolute atomic E-state index is 12.4. The van der Waals surface area contributed by atoms with Gasteiger partial charge in [0.05, 0.1) is 30.6 Å². The van der Waals surface area contributed by atoms with Crippen molar-refractivity contribution in [3.8, 4) is 0 Å². The molecule has 166 valence electrons. The van der Waals surface area contributed by atoms with Gasteiger partial charge in [0.15, 0.2) is 0 Å². The summed E-state index contributed by atoms with van der Waals surface area (Å²) < 4.78 is 14.7. The number of nitrogens with one attached hydrogen (secondary N) is 3. The van der Waals surface area contributed by atoms with Gasteiger partial charge in [0.25, 0.3) is 5.91 Å². The average Bonchev–Trinajstić information content (AvgIpc) is 3.40. The maximum Gasteiger partial charge on any atom is 0.289 e. The van der Waals surface area contributed by atoms with Crippen LogP contribution in [-0.4, -0.2) is 64.5 Å². The first-order valence-electron chi connectivity index (χ1n) is 9.77. The number of fused-ring (bicyclic) bond motifs is 1. The second-order valence-electron chi connectivity index (χ2n) is 7.09. The Labute approximate surface area is 186 Å². The van der Waals surface area contributed by atoms with Gasteiger partial charge in [-0.1, -0.05) is 18.2 Å². The van der Waals surface area contributed by atoms with E-state index in [0.717, 1.165) is 15.0 Å². The minimum absolute atomic E-state index is 0.133. The topological polar surface area (TPSA) is 125 Å². The monoisotopic (exact) mass is 464 g/mol. The number of thiophene rings is 1. The third kappa shape index (κ3) is 6.18. The van der Waals surface area contributed by atoms with E-state index in [-0.39, 0.29) is 19.0 Å². The number of hydrogen-bond acceptors (Lipinski definition) is 6. The van der Waals surface area contributed by atoms with Crippen LogP contribution in [0.3, 0.4) is 0 Å². The molecule has 1 aliphatic rings. The molecule has 3 rings (SSSR count). The molecular formula is C20H24N4O5S2. The Morgan fingerprint density at radius 3 is 2.68 bits per heavy atom. The molecule has 0 saturated carbocycles. The van der Waals surface area contributed by atoms with Crippen LogP contribution >= 0.6 is 11.3 Å². The Morgan fingerprint density at radius 1 is 1.16 bits per heavy atom. The van der Waals surface area contributed by atoms with Gasteiger partial charge in [-0.3, -0.25) is 19.2 Å². The molecule has 0 aliphatic carbocycles. The van der Waals surface area contributed by atoms with E-state index in [4.69, 9.17) is 0 Å². The van der Waals surface area contributed by atoms with Crippen molar-refractivity contribution in [2.75, 3.05) is 25.9 Å². The van der Waals surface area contributed by atoms with E-state index in [1.54, 1.807) is 0 Å². The van der Waals surface area contributed by atoms with Crippen molar-refractivity contribution in [3.63, 3.8) is 0 Å². The fraction of sp³-hybridized carbons (Fsp3) is 0.400. The second kappa shape index (κ2) is 10.6. The Morgan fingerprint density at radius 2 is 1.94 bits per heavy atom. The van der Waals surface area contributed by atoms with Gasteiger partial charge in [-0.05, 0) is 30.4 Å². The van der Waals surface area contributed by atoms with E-state index in [1.807, 2.05) is 30.3 Å². The molecule has 0 spiro atoms. The molecule has 0 radical (unpaired) electrons. The molecule has 2 heterocycles. The van der Waals surface area contributed by atoms with Gasteiger partial charge in [-0.25, -0.2) is 8.93 Å². The van der Waals surface area contributed by atoms with Crippen LogP contribution in [-0.2, 0) is 36.7 Å². The van der Waals surface area contributed by atoms with Gasteiger partial charge in [-0.2, -0.15) is 0 Å². The Hall–Kier alpha value is -2.63. The summed E-state index contributed by atoms with van der Waals surface area (Å²) in [5.74, 6) is -2.34. The lowest BCUT2D eigenvalue weighted by Gasteiger charge is -2.23. The molecule has 1 fully saturated rings. The summed E-state index contributed by atoms with van der Waals surface area (Å²) in [6, 6.07) is 9.10. The number of Topliss-reactive ketones (excluding diaryl/α,β-unsaturated/α-hetero) is 1. The van der Waals surface area contributed by atoms with Crippen molar-refractivity contribution in [3.05, 3.63) is 35.2 Å². The standard InChI is InChI=1S/C20H24N4O5S2/c1-31(29)23-12-18(26)24-8-4-6-15(24)19(27)22-11-16(25)20(28)21-10-14-9-13-5-2-3-7-17(13)30-14/h2-3,5,7,9,15,23H,4,6,8,10-12H2,1H3,(H,21,28)(H,22,27). The third-order valence-corrected chi connectivity index (χ3v) is 6.55. The van der Waals surface area contributed by atoms with Crippen LogP contribution in [0.5, 0.6) is 0 Å². The van der Waals surface area contributed by atoms with Crippen LogP contribution in [0.15, 0.2) is 30.3 Å². The normalized spacial score (nSPS) is 16.8. The van der Waals surface area contributed by atoms with E-state index < -0.39 is 41.2 Å². The maximum atomic E-state index is 12.4. The van der Waals surface area contributed by atoms with E-state index in [9.17, 15) is 23.4 Å². The zero-order valence-corrected chi connectivity index (χ0v) is 18.6. The number of amides is 3. The predicted octanol–water partition coefficient (Wildman–Crippen LogP) is 0.0769. The lowest BCUT2D eigenvalue weighted by molar-refractivity contribution is -0.140. The lowest BCUT2D eigenvalue weighted by atomic mass is 10.2. The highest BCUT2D eigenvalue weighted by Crippen LogP contribution is 2.25. The summed E-state index contributed by atoms with van der Waals surface area (Å²) in [5, 5.41) is 6.11. The molecule has 3 N–H and O–H groups in total. The van der Waals surface area contributed by atoms with E-state index in [1.165, 1.54) is 22.5 Å². The molecule has 9 nitrogen and oxygen atoms in total. The molecule has 0 bridgehead atoms. The third-order valence-electron chi connectivity index (χ3n) is 4.88. The van der Waals surface area contributed by atoms with Crippen molar-refractivity contribution in [1.29, 1.82) is 0 Å². The molecule has 3 amide bonds. The summed E-state index contributed by atoms with van der Waals surface area (Å²) in [4.78, 5) is 51.2. The van der Waals surface area contributed by atoms with Gasteiger partial charge < -0.3 is 15.5 Å². The average molecular weight is 465 g/mol. The van der Waals surface area contributed by atoms with Crippen LogP contribution in [0.25, 0.3) is 10.1 Å². The Kier molecular flexibility index (Phi) is 7.88. The smallest absolute Gasteiger partial charge is 0.289 e. The highest BCUT2D eigenvalue weighted by atomic mass is 32.2. The number of rotatable bonds is 9. The van der Waals surface area contributed by atoms with Crippen molar-refractivity contribution in [2.45, 2.75) is 25.4 Å². The predicted molar refractivity (Wildman–Crippen MR) is 118 cm³/mol. The number of nitrogens with zero attached hydrogens (tertiary/aromatic N) is 1. The number of ketones is 1. The molecule has 1 aliphatic heterocycles.